The highest BCUT2D eigenvalue weighted by molar-refractivity contribution is 8.01. The minimum atomic E-state index is -0.878. The van der Waals surface area contributed by atoms with Crippen LogP contribution in [0.5, 0.6) is 0 Å². The largest absolute Gasteiger partial charge is 0.480 e. The molecular formula is C9H17NO3S. The van der Waals surface area contributed by atoms with Gasteiger partial charge in [0.05, 0.1) is 11.0 Å². The Morgan fingerprint density at radius 2 is 2.14 bits per heavy atom. The molecule has 0 bridgehead atoms. The SMILES string of the molecule is CCCCNC(=O)CSC(C)C(=O)O. The van der Waals surface area contributed by atoms with Crippen molar-refractivity contribution in [3.63, 3.8) is 0 Å². The van der Waals surface area contributed by atoms with Crippen LogP contribution in [0.4, 0.5) is 0 Å². The molecule has 2 N–H and O–H groups in total. The van der Waals surface area contributed by atoms with Crippen molar-refractivity contribution < 1.29 is 14.7 Å². The maximum Gasteiger partial charge on any atom is 0.316 e. The van der Waals surface area contributed by atoms with Crippen molar-refractivity contribution in [2.24, 2.45) is 0 Å². The molecule has 0 saturated heterocycles. The zero-order chi connectivity index (χ0) is 11.0. The fourth-order valence-electron chi connectivity index (χ4n) is 0.728. The molecule has 0 aromatic carbocycles. The molecule has 1 amide bonds. The van der Waals surface area contributed by atoms with Crippen LogP contribution in [-0.4, -0.2) is 34.5 Å². The fraction of sp³-hybridized carbons (Fsp3) is 0.778. The average molecular weight is 219 g/mol. The number of rotatable bonds is 7. The molecule has 14 heavy (non-hydrogen) atoms. The van der Waals surface area contributed by atoms with E-state index in [1.165, 1.54) is 0 Å². The molecule has 0 saturated carbocycles. The predicted octanol–water partition coefficient (Wildman–Crippen LogP) is 1.11. The summed E-state index contributed by atoms with van der Waals surface area (Å²) in [7, 11) is 0. The minimum absolute atomic E-state index is 0.0865. The molecule has 5 heteroatoms. The highest BCUT2D eigenvalue weighted by Crippen LogP contribution is 2.09. The lowest BCUT2D eigenvalue weighted by Gasteiger charge is -2.06. The number of carboxylic acid groups (broad SMARTS) is 1. The zero-order valence-electron chi connectivity index (χ0n) is 8.58. The summed E-state index contributed by atoms with van der Waals surface area (Å²) in [5, 5.41) is 10.8. The Kier molecular flexibility index (Phi) is 7.28. The number of nitrogens with one attached hydrogen (secondary N) is 1. The van der Waals surface area contributed by atoms with Crippen molar-refractivity contribution in [2.45, 2.75) is 31.9 Å². The van der Waals surface area contributed by atoms with E-state index in [1.807, 2.05) is 6.92 Å². The van der Waals surface area contributed by atoms with E-state index in [0.717, 1.165) is 24.6 Å². The Morgan fingerprint density at radius 1 is 1.50 bits per heavy atom. The van der Waals surface area contributed by atoms with Crippen LogP contribution in [0.3, 0.4) is 0 Å². The van der Waals surface area contributed by atoms with Gasteiger partial charge in [0, 0.05) is 6.54 Å². The number of hydrogen-bond acceptors (Lipinski definition) is 3. The molecule has 0 rings (SSSR count). The Bertz CT molecular complexity index is 196. The lowest BCUT2D eigenvalue weighted by atomic mass is 10.3. The molecule has 0 fully saturated rings. The lowest BCUT2D eigenvalue weighted by molar-refractivity contribution is -0.136. The number of carbonyl (C=O) groups is 2. The van der Waals surface area contributed by atoms with Gasteiger partial charge in [-0.1, -0.05) is 13.3 Å². The van der Waals surface area contributed by atoms with Gasteiger partial charge in [0.2, 0.25) is 5.91 Å². The topological polar surface area (TPSA) is 66.4 Å². The number of carboxylic acids is 1. The van der Waals surface area contributed by atoms with Gasteiger partial charge >= 0.3 is 5.97 Å². The summed E-state index contributed by atoms with van der Waals surface area (Å²) in [6.45, 7) is 4.30. The summed E-state index contributed by atoms with van der Waals surface area (Å²) < 4.78 is 0. The molecule has 0 spiro atoms. The summed E-state index contributed by atoms with van der Waals surface area (Å²) in [4.78, 5) is 21.5. The van der Waals surface area contributed by atoms with Crippen molar-refractivity contribution in [2.75, 3.05) is 12.3 Å². The van der Waals surface area contributed by atoms with Gasteiger partial charge in [-0.3, -0.25) is 9.59 Å². The normalized spacial score (nSPS) is 12.1. The number of unbranched alkanes of at least 4 members (excludes halogenated alkanes) is 1. The second kappa shape index (κ2) is 7.67. The second-order valence-corrected chi connectivity index (χ2v) is 4.32. The van der Waals surface area contributed by atoms with Crippen LogP contribution in [0.25, 0.3) is 0 Å². The van der Waals surface area contributed by atoms with E-state index in [4.69, 9.17) is 5.11 Å². The summed E-state index contributed by atoms with van der Waals surface area (Å²) in [5.74, 6) is -0.745. The summed E-state index contributed by atoms with van der Waals surface area (Å²) >= 11 is 1.14. The van der Waals surface area contributed by atoms with E-state index in [1.54, 1.807) is 6.92 Å². The van der Waals surface area contributed by atoms with Gasteiger partial charge in [0.1, 0.15) is 0 Å². The third-order valence-electron chi connectivity index (χ3n) is 1.66. The van der Waals surface area contributed by atoms with Crippen LogP contribution >= 0.6 is 11.8 Å². The fourth-order valence-corrected chi connectivity index (χ4v) is 1.37. The maximum atomic E-state index is 11.1. The predicted molar refractivity (Wildman–Crippen MR) is 57.5 cm³/mol. The van der Waals surface area contributed by atoms with Crippen LogP contribution in [0.1, 0.15) is 26.7 Å². The highest BCUT2D eigenvalue weighted by Gasteiger charge is 2.12. The molecule has 0 aromatic rings. The molecule has 0 aliphatic heterocycles. The van der Waals surface area contributed by atoms with Crippen molar-refractivity contribution in [1.29, 1.82) is 0 Å². The molecule has 0 radical (unpaired) electrons. The van der Waals surface area contributed by atoms with Gasteiger partial charge in [0.25, 0.3) is 0 Å². The highest BCUT2D eigenvalue weighted by atomic mass is 32.2. The first-order valence-electron chi connectivity index (χ1n) is 4.69. The van der Waals surface area contributed by atoms with Gasteiger partial charge in [0.15, 0.2) is 0 Å². The van der Waals surface area contributed by atoms with Crippen LogP contribution in [0, 0.1) is 0 Å². The van der Waals surface area contributed by atoms with Crippen LogP contribution in [-0.2, 0) is 9.59 Å². The molecule has 4 nitrogen and oxygen atoms in total. The quantitative estimate of drug-likeness (QED) is 0.629. The van der Waals surface area contributed by atoms with E-state index in [-0.39, 0.29) is 11.7 Å². The number of amides is 1. The molecule has 0 aliphatic rings. The van der Waals surface area contributed by atoms with Crippen molar-refractivity contribution >= 4 is 23.6 Å². The number of aliphatic carboxylic acids is 1. The standard InChI is InChI=1S/C9H17NO3S/c1-3-4-5-10-8(11)6-14-7(2)9(12)13/h7H,3-6H2,1-2H3,(H,10,11)(H,12,13). The molecular weight excluding hydrogens is 202 g/mol. The summed E-state index contributed by atoms with van der Waals surface area (Å²) in [6, 6.07) is 0. The molecule has 0 aromatic heterocycles. The monoisotopic (exact) mass is 219 g/mol. The van der Waals surface area contributed by atoms with Crippen LogP contribution in [0.15, 0.2) is 0 Å². The van der Waals surface area contributed by atoms with Crippen LogP contribution < -0.4 is 5.32 Å². The number of hydrogen-bond donors (Lipinski definition) is 2. The third kappa shape index (κ3) is 6.77. The van der Waals surface area contributed by atoms with Gasteiger partial charge < -0.3 is 10.4 Å². The Balaban J connectivity index is 3.48. The van der Waals surface area contributed by atoms with Gasteiger partial charge in [-0.2, -0.15) is 0 Å². The Labute approximate surface area is 88.4 Å². The maximum absolute atomic E-state index is 11.1. The average Bonchev–Trinajstić information content (AvgIpc) is 2.14. The van der Waals surface area contributed by atoms with Crippen LogP contribution in [0.2, 0.25) is 0 Å². The molecule has 1 atom stereocenters. The first-order valence-corrected chi connectivity index (χ1v) is 5.74. The summed E-state index contributed by atoms with van der Waals surface area (Å²) in [5.41, 5.74) is 0. The first kappa shape index (κ1) is 13.3. The lowest BCUT2D eigenvalue weighted by Crippen LogP contribution is -2.27. The number of carbonyl (C=O) groups excluding carboxylic acids is 1. The molecule has 82 valence electrons. The Morgan fingerprint density at radius 3 is 2.64 bits per heavy atom. The molecule has 0 heterocycles. The van der Waals surface area contributed by atoms with Gasteiger partial charge in [-0.05, 0) is 13.3 Å². The van der Waals surface area contributed by atoms with Crippen molar-refractivity contribution in [1.82, 2.24) is 5.32 Å². The van der Waals surface area contributed by atoms with Crippen molar-refractivity contribution in [3.05, 3.63) is 0 Å². The molecule has 0 aliphatic carbocycles. The van der Waals surface area contributed by atoms with E-state index in [0.29, 0.717) is 6.54 Å². The summed E-state index contributed by atoms with van der Waals surface area (Å²) in [6.07, 6.45) is 2.00. The third-order valence-corrected chi connectivity index (χ3v) is 2.80. The smallest absolute Gasteiger partial charge is 0.316 e. The van der Waals surface area contributed by atoms with Crippen molar-refractivity contribution in [3.8, 4) is 0 Å². The van der Waals surface area contributed by atoms with Gasteiger partial charge in [-0.15, -0.1) is 11.8 Å². The Hall–Kier alpha value is -0.710. The van der Waals surface area contributed by atoms with E-state index >= 15 is 0 Å². The van der Waals surface area contributed by atoms with E-state index < -0.39 is 11.2 Å². The molecule has 1 unspecified atom stereocenters. The number of thioether (sulfide) groups is 1. The van der Waals surface area contributed by atoms with Gasteiger partial charge in [-0.25, -0.2) is 0 Å². The first-order chi connectivity index (χ1) is 6.57. The van der Waals surface area contributed by atoms with E-state index in [2.05, 4.69) is 5.32 Å². The minimum Gasteiger partial charge on any atom is -0.480 e. The van der Waals surface area contributed by atoms with E-state index in [9.17, 15) is 9.59 Å². The second-order valence-electron chi connectivity index (χ2n) is 2.99. The zero-order valence-corrected chi connectivity index (χ0v) is 9.39.